The maximum absolute atomic E-state index is 11.7. The average molecular weight is 403 g/mol. The predicted octanol–water partition coefficient (Wildman–Crippen LogP) is 4.31. The molecule has 0 aliphatic heterocycles. The van der Waals surface area contributed by atoms with E-state index < -0.39 is 0 Å². The summed E-state index contributed by atoms with van der Waals surface area (Å²) in [7, 11) is 2.92. The van der Waals surface area contributed by atoms with Crippen molar-refractivity contribution in [3.05, 3.63) is 53.7 Å². The largest absolute Gasteiger partial charge is 0.472 e. The summed E-state index contributed by atoms with van der Waals surface area (Å²) in [5, 5.41) is 10.6. The van der Waals surface area contributed by atoms with Gasteiger partial charge in [0.2, 0.25) is 5.88 Å². The smallest absolute Gasteiger partial charge is 0.273 e. The van der Waals surface area contributed by atoms with Crippen molar-refractivity contribution in [1.82, 2.24) is 15.1 Å². The van der Waals surface area contributed by atoms with Crippen LogP contribution in [0.2, 0.25) is 0 Å². The summed E-state index contributed by atoms with van der Waals surface area (Å²) in [5.41, 5.74) is 3.14. The number of oxime groups is 1. The number of aryl methyl sites for hydroxylation is 1. The van der Waals surface area contributed by atoms with E-state index in [4.69, 9.17) is 4.74 Å². The molecule has 0 saturated heterocycles. The molecule has 1 aromatic carbocycles. The summed E-state index contributed by atoms with van der Waals surface area (Å²) in [6.07, 6.45) is 3.45. The highest BCUT2D eigenvalue weighted by Gasteiger charge is 2.09. The molecule has 29 heavy (non-hydrogen) atoms. The molecule has 0 fully saturated rings. The van der Waals surface area contributed by atoms with Gasteiger partial charge in [-0.05, 0) is 37.6 Å². The monoisotopic (exact) mass is 402 g/mol. The second-order valence-electron chi connectivity index (χ2n) is 5.45. The number of rotatable bonds is 7. The highest BCUT2D eigenvalue weighted by molar-refractivity contribution is 6.43. The number of nitrogens with one attached hydrogen (secondary N) is 1. The molecule has 7 nitrogen and oxygen atoms in total. The Morgan fingerprint density at radius 3 is 2.34 bits per heavy atom. The minimum atomic E-state index is -0.329. The molecule has 1 heterocycles. The van der Waals surface area contributed by atoms with Crippen LogP contribution in [-0.2, 0) is 9.63 Å². The van der Waals surface area contributed by atoms with Crippen LogP contribution in [0.25, 0.3) is 5.69 Å². The van der Waals surface area contributed by atoms with Crippen molar-refractivity contribution in [2.45, 2.75) is 41.5 Å². The van der Waals surface area contributed by atoms with Gasteiger partial charge >= 0.3 is 0 Å². The second-order valence-corrected chi connectivity index (χ2v) is 5.45. The Morgan fingerprint density at radius 1 is 1.17 bits per heavy atom. The standard InChI is InChI=1S/C18H22N4O3.2C2H6/c1-13-5-7-15(8-6-13)22-10-9-17(20-22)25-12-14(2)11-16(21-24-4)18(23)19-3;2*1-2/h5-11H,12H2,1-4H3,(H,19,23);2*1-2H3/b14-11-,21-16+;;. The highest BCUT2D eigenvalue weighted by Crippen LogP contribution is 2.13. The zero-order valence-corrected chi connectivity index (χ0v) is 18.8. The third-order valence-electron chi connectivity index (χ3n) is 3.34. The van der Waals surface area contributed by atoms with Gasteiger partial charge in [0.05, 0.1) is 5.69 Å². The molecule has 1 N–H and O–H groups in total. The molecule has 0 spiro atoms. The zero-order valence-electron chi connectivity index (χ0n) is 18.8. The summed E-state index contributed by atoms with van der Waals surface area (Å²) >= 11 is 0. The topological polar surface area (TPSA) is 77.7 Å². The van der Waals surface area contributed by atoms with Crippen LogP contribution < -0.4 is 10.1 Å². The molecule has 0 radical (unpaired) electrons. The van der Waals surface area contributed by atoms with Crippen LogP contribution in [0, 0.1) is 6.92 Å². The van der Waals surface area contributed by atoms with E-state index in [0.717, 1.165) is 11.3 Å². The number of hydrogen-bond donors (Lipinski definition) is 1. The lowest BCUT2D eigenvalue weighted by Crippen LogP contribution is -2.26. The van der Waals surface area contributed by atoms with Gasteiger partial charge < -0.3 is 14.9 Å². The fourth-order valence-corrected chi connectivity index (χ4v) is 2.05. The lowest BCUT2D eigenvalue weighted by molar-refractivity contribution is -0.114. The summed E-state index contributed by atoms with van der Waals surface area (Å²) in [6.45, 7) is 12.2. The molecule has 160 valence electrons. The molecular formula is C22H34N4O3. The lowest BCUT2D eigenvalue weighted by Gasteiger charge is -2.05. The van der Waals surface area contributed by atoms with Crippen molar-refractivity contribution in [3.8, 4) is 11.6 Å². The maximum Gasteiger partial charge on any atom is 0.273 e. The minimum absolute atomic E-state index is 0.177. The van der Waals surface area contributed by atoms with Crippen molar-refractivity contribution in [2.24, 2.45) is 5.16 Å². The first-order chi connectivity index (χ1) is 14.0. The minimum Gasteiger partial charge on any atom is -0.472 e. The van der Waals surface area contributed by atoms with Crippen molar-refractivity contribution in [1.29, 1.82) is 0 Å². The number of hydrogen-bond acceptors (Lipinski definition) is 5. The van der Waals surface area contributed by atoms with Gasteiger partial charge in [0, 0.05) is 19.3 Å². The third-order valence-corrected chi connectivity index (χ3v) is 3.34. The highest BCUT2D eigenvalue weighted by atomic mass is 16.6. The normalized spacial score (nSPS) is 10.8. The summed E-state index contributed by atoms with van der Waals surface area (Å²) in [5.74, 6) is 0.170. The van der Waals surface area contributed by atoms with Crippen molar-refractivity contribution < 1.29 is 14.4 Å². The first-order valence-corrected chi connectivity index (χ1v) is 9.79. The SMILES string of the molecule is CC.CC.CNC(=O)C(/C=C(/C)COc1ccn(-c2ccc(C)cc2)n1)=N/OC. The number of benzene rings is 1. The van der Waals surface area contributed by atoms with E-state index in [-0.39, 0.29) is 18.2 Å². The Kier molecular flexibility index (Phi) is 13.3. The second kappa shape index (κ2) is 14.9. The summed E-state index contributed by atoms with van der Waals surface area (Å²) in [4.78, 5) is 16.4. The number of ether oxygens (including phenoxy) is 1. The van der Waals surface area contributed by atoms with Crippen LogP contribution in [0.1, 0.15) is 40.2 Å². The molecule has 0 aliphatic carbocycles. The summed E-state index contributed by atoms with van der Waals surface area (Å²) < 4.78 is 7.40. The molecule has 0 saturated carbocycles. The van der Waals surface area contributed by atoms with Gasteiger partial charge in [-0.15, -0.1) is 5.10 Å². The van der Waals surface area contributed by atoms with Crippen molar-refractivity contribution >= 4 is 11.6 Å². The molecule has 7 heteroatoms. The number of nitrogens with zero attached hydrogens (tertiary/aromatic N) is 3. The Bertz CT molecular complexity index is 778. The molecule has 0 unspecified atom stereocenters. The number of aromatic nitrogens is 2. The first kappa shape index (κ1) is 25.9. The quantitative estimate of drug-likeness (QED) is 0.553. The van der Waals surface area contributed by atoms with Crippen molar-refractivity contribution in [3.63, 3.8) is 0 Å². The van der Waals surface area contributed by atoms with E-state index in [9.17, 15) is 4.79 Å². The fraction of sp³-hybridized carbons (Fsp3) is 0.409. The van der Waals surface area contributed by atoms with Gasteiger partial charge in [0.15, 0.2) is 5.71 Å². The van der Waals surface area contributed by atoms with Crippen LogP contribution >= 0.6 is 0 Å². The van der Waals surface area contributed by atoms with Gasteiger partial charge in [0.25, 0.3) is 5.91 Å². The van der Waals surface area contributed by atoms with Gasteiger partial charge in [-0.1, -0.05) is 50.5 Å². The molecule has 1 aromatic heterocycles. The fourth-order valence-electron chi connectivity index (χ4n) is 2.05. The number of carbonyl (C=O) groups excluding carboxylic acids is 1. The number of amides is 1. The number of carbonyl (C=O) groups is 1. The maximum atomic E-state index is 11.7. The molecule has 0 bridgehead atoms. The van der Waals surface area contributed by atoms with E-state index in [1.54, 1.807) is 16.8 Å². The summed E-state index contributed by atoms with van der Waals surface area (Å²) in [6, 6.07) is 9.83. The van der Waals surface area contributed by atoms with E-state index in [0.29, 0.717) is 5.88 Å². The van der Waals surface area contributed by atoms with Crippen LogP contribution in [0.5, 0.6) is 5.88 Å². The molecule has 1 amide bonds. The third kappa shape index (κ3) is 9.10. The lowest BCUT2D eigenvalue weighted by atomic mass is 10.2. The van der Waals surface area contributed by atoms with E-state index in [2.05, 4.69) is 20.4 Å². The first-order valence-electron chi connectivity index (χ1n) is 9.79. The van der Waals surface area contributed by atoms with E-state index in [1.165, 1.54) is 19.7 Å². The molecule has 0 aliphatic rings. The Balaban J connectivity index is 0.00000184. The Labute approximate surface area is 174 Å². The zero-order chi connectivity index (χ0) is 22.2. The molecule has 0 atom stereocenters. The van der Waals surface area contributed by atoms with Gasteiger partial charge in [-0.3, -0.25) is 4.79 Å². The van der Waals surface area contributed by atoms with Gasteiger partial charge in [-0.25, -0.2) is 4.68 Å². The predicted molar refractivity (Wildman–Crippen MR) is 119 cm³/mol. The van der Waals surface area contributed by atoms with Gasteiger partial charge in [-0.2, -0.15) is 0 Å². The molecule has 2 aromatic rings. The molecule has 2 rings (SSSR count). The van der Waals surface area contributed by atoms with E-state index >= 15 is 0 Å². The van der Waals surface area contributed by atoms with Crippen molar-refractivity contribution in [2.75, 3.05) is 20.8 Å². The van der Waals surface area contributed by atoms with Crippen LogP contribution in [0.3, 0.4) is 0 Å². The molecular weight excluding hydrogens is 368 g/mol. The Morgan fingerprint density at radius 2 is 1.79 bits per heavy atom. The van der Waals surface area contributed by atoms with Crippen LogP contribution in [-0.4, -0.2) is 42.2 Å². The van der Waals surface area contributed by atoms with E-state index in [1.807, 2.05) is 72.0 Å². The van der Waals surface area contributed by atoms with Crippen LogP contribution in [0.15, 0.2) is 53.3 Å². The van der Waals surface area contributed by atoms with Crippen LogP contribution in [0.4, 0.5) is 0 Å². The van der Waals surface area contributed by atoms with Gasteiger partial charge in [0.1, 0.15) is 13.7 Å². The Hall–Kier alpha value is -3.09. The average Bonchev–Trinajstić information content (AvgIpc) is 3.24.